The first-order chi connectivity index (χ1) is 8.76. The lowest BCUT2D eigenvalue weighted by Crippen LogP contribution is -2.41. The van der Waals surface area contributed by atoms with Crippen LogP contribution in [0.2, 0.25) is 0 Å². The van der Waals surface area contributed by atoms with E-state index in [2.05, 4.69) is 32.9 Å². The Labute approximate surface area is 107 Å². The van der Waals surface area contributed by atoms with Crippen molar-refractivity contribution in [3.63, 3.8) is 0 Å². The number of nitrogens with one attached hydrogen (secondary N) is 3. The van der Waals surface area contributed by atoms with Crippen molar-refractivity contribution in [3.05, 3.63) is 24.5 Å². The van der Waals surface area contributed by atoms with Crippen molar-refractivity contribution in [1.82, 2.24) is 15.6 Å². The summed E-state index contributed by atoms with van der Waals surface area (Å²) in [7, 11) is 1.67. The fourth-order valence-corrected chi connectivity index (χ4v) is 1.27. The Kier molecular flexibility index (Phi) is 6.24. The molecule has 6 nitrogen and oxygen atoms in total. The highest BCUT2D eigenvalue weighted by atomic mass is 16.1. The second kappa shape index (κ2) is 8.05. The number of guanidine groups is 1. The highest BCUT2D eigenvalue weighted by molar-refractivity contribution is 5.94. The molecule has 1 rings (SSSR count). The van der Waals surface area contributed by atoms with Crippen LogP contribution in [0.1, 0.15) is 13.3 Å². The number of nitrogens with zero attached hydrogens (tertiary/aromatic N) is 2. The average molecular weight is 249 g/mol. The molecule has 98 valence electrons. The van der Waals surface area contributed by atoms with E-state index >= 15 is 0 Å². The maximum Gasteiger partial charge on any atom is 0.243 e. The Morgan fingerprint density at radius 3 is 2.89 bits per heavy atom. The zero-order valence-electron chi connectivity index (χ0n) is 10.7. The number of amides is 1. The minimum atomic E-state index is -0.137. The summed E-state index contributed by atoms with van der Waals surface area (Å²) in [4.78, 5) is 19.5. The normalized spacial score (nSPS) is 10.9. The molecule has 0 aliphatic rings. The van der Waals surface area contributed by atoms with E-state index in [0.29, 0.717) is 11.6 Å². The minimum Gasteiger partial charge on any atom is -0.356 e. The molecule has 0 aliphatic heterocycles. The Balaban J connectivity index is 2.32. The number of pyridine rings is 1. The van der Waals surface area contributed by atoms with Gasteiger partial charge >= 0.3 is 0 Å². The third kappa shape index (κ3) is 5.29. The number of aliphatic imine (C=N–C) groups is 1. The molecular formula is C12H19N5O. The van der Waals surface area contributed by atoms with Crippen LogP contribution in [0.5, 0.6) is 0 Å². The average Bonchev–Trinajstić information content (AvgIpc) is 2.40. The van der Waals surface area contributed by atoms with E-state index in [4.69, 9.17) is 0 Å². The van der Waals surface area contributed by atoms with Crippen molar-refractivity contribution >= 4 is 17.6 Å². The molecule has 1 aromatic rings. The fourth-order valence-electron chi connectivity index (χ4n) is 1.27. The van der Waals surface area contributed by atoms with E-state index in [9.17, 15) is 4.79 Å². The van der Waals surface area contributed by atoms with Gasteiger partial charge in [0.15, 0.2) is 5.96 Å². The molecule has 0 saturated heterocycles. The molecule has 0 aromatic carbocycles. The molecule has 18 heavy (non-hydrogen) atoms. The van der Waals surface area contributed by atoms with Crippen LogP contribution in [0, 0.1) is 0 Å². The smallest absolute Gasteiger partial charge is 0.243 e. The van der Waals surface area contributed by atoms with Gasteiger partial charge in [0.1, 0.15) is 0 Å². The van der Waals surface area contributed by atoms with Crippen LogP contribution in [0.4, 0.5) is 5.69 Å². The van der Waals surface area contributed by atoms with Gasteiger partial charge in [0.05, 0.1) is 18.4 Å². The summed E-state index contributed by atoms with van der Waals surface area (Å²) in [6.07, 6.45) is 4.26. The van der Waals surface area contributed by atoms with Gasteiger partial charge in [0.2, 0.25) is 5.91 Å². The van der Waals surface area contributed by atoms with Gasteiger partial charge in [-0.3, -0.25) is 14.8 Å². The Hall–Kier alpha value is -2.11. The number of carbonyl (C=O) groups excluding carboxylic acids is 1. The van der Waals surface area contributed by atoms with Gasteiger partial charge in [-0.15, -0.1) is 0 Å². The van der Waals surface area contributed by atoms with Crippen molar-refractivity contribution in [1.29, 1.82) is 0 Å². The third-order valence-electron chi connectivity index (χ3n) is 2.13. The van der Waals surface area contributed by atoms with Gasteiger partial charge in [-0.25, -0.2) is 0 Å². The predicted molar refractivity (Wildman–Crippen MR) is 72.5 cm³/mol. The molecule has 0 aliphatic carbocycles. The molecule has 1 aromatic heterocycles. The zero-order chi connectivity index (χ0) is 13.2. The summed E-state index contributed by atoms with van der Waals surface area (Å²) in [6.45, 7) is 3.05. The van der Waals surface area contributed by atoms with Crippen molar-refractivity contribution in [2.45, 2.75) is 13.3 Å². The molecule has 0 fully saturated rings. The van der Waals surface area contributed by atoms with Gasteiger partial charge < -0.3 is 16.0 Å². The molecular weight excluding hydrogens is 230 g/mol. The molecule has 0 saturated carbocycles. The van der Waals surface area contributed by atoms with E-state index in [-0.39, 0.29) is 12.5 Å². The summed E-state index contributed by atoms with van der Waals surface area (Å²) < 4.78 is 0. The molecule has 0 atom stereocenters. The second-order valence-electron chi connectivity index (χ2n) is 3.64. The summed E-state index contributed by atoms with van der Waals surface area (Å²) in [5.74, 6) is 0.487. The van der Waals surface area contributed by atoms with Gasteiger partial charge in [0.25, 0.3) is 0 Å². The predicted octanol–water partition coefficient (Wildman–Crippen LogP) is 0.595. The van der Waals surface area contributed by atoms with Crippen LogP contribution in [-0.2, 0) is 4.79 Å². The second-order valence-corrected chi connectivity index (χ2v) is 3.64. The van der Waals surface area contributed by atoms with Gasteiger partial charge in [0, 0.05) is 19.8 Å². The molecule has 0 unspecified atom stereocenters. The Morgan fingerprint density at radius 2 is 2.28 bits per heavy atom. The first kappa shape index (κ1) is 14.0. The molecule has 1 heterocycles. The highest BCUT2D eigenvalue weighted by Gasteiger charge is 2.03. The highest BCUT2D eigenvalue weighted by Crippen LogP contribution is 2.01. The monoisotopic (exact) mass is 249 g/mol. The van der Waals surface area contributed by atoms with Crippen LogP contribution in [0.15, 0.2) is 29.5 Å². The van der Waals surface area contributed by atoms with E-state index in [0.717, 1.165) is 13.0 Å². The van der Waals surface area contributed by atoms with Gasteiger partial charge in [-0.1, -0.05) is 6.92 Å². The first-order valence-electron chi connectivity index (χ1n) is 5.90. The SMILES string of the molecule is CCCNC(=NC)NCC(=O)Nc1cccnc1. The van der Waals surface area contributed by atoms with E-state index < -0.39 is 0 Å². The number of anilines is 1. The van der Waals surface area contributed by atoms with Gasteiger partial charge in [-0.2, -0.15) is 0 Å². The number of aromatic nitrogens is 1. The minimum absolute atomic E-state index is 0.137. The lowest BCUT2D eigenvalue weighted by atomic mass is 10.4. The summed E-state index contributed by atoms with van der Waals surface area (Å²) >= 11 is 0. The van der Waals surface area contributed by atoms with E-state index in [1.807, 2.05) is 0 Å². The molecule has 6 heteroatoms. The third-order valence-corrected chi connectivity index (χ3v) is 2.13. The largest absolute Gasteiger partial charge is 0.356 e. The van der Waals surface area contributed by atoms with Crippen LogP contribution in [0.3, 0.4) is 0 Å². The van der Waals surface area contributed by atoms with Crippen LogP contribution >= 0.6 is 0 Å². The number of hydrogen-bond acceptors (Lipinski definition) is 3. The van der Waals surface area contributed by atoms with Crippen molar-refractivity contribution in [2.24, 2.45) is 4.99 Å². The zero-order valence-corrected chi connectivity index (χ0v) is 10.7. The number of hydrogen-bond donors (Lipinski definition) is 3. The Morgan fingerprint density at radius 1 is 1.44 bits per heavy atom. The maximum absolute atomic E-state index is 11.6. The molecule has 0 radical (unpaired) electrons. The fraction of sp³-hybridized carbons (Fsp3) is 0.417. The number of rotatable bonds is 5. The van der Waals surface area contributed by atoms with Crippen molar-refractivity contribution in [2.75, 3.05) is 25.5 Å². The molecule has 0 spiro atoms. The van der Waals surface area contributed by atoms with E-state index in [1.54, 1.807) is 31.6 Å². The van der Waals surface area contributed by atoms with Gasteiger partial charge in [-0.05, 0) is 18.6 Å². The van der Waals surface area contributed by atoms with Crippen LogP contribution in [0.25, 0.3) is 0 Å². The number of carbonyl (C=O) groups is 1. The quantitative estimate of drug-likeness (QED) is 0.527. The molecule has 1 amide bonds. The molecule has 3 N–H and O–H groups in total. The topological polar surface area (TPSA) is 78.4 Å². The first-order valence-corrected chi connectivity index (χ1v) is 5.90. The lowest BCUT2D eigenvalue weighted by Gasteiger charge is -2.11. The van der Waals surface area contributed by atoms with E-state index in [1.165, 1.54) is 0 Å². The van der Waals surface area contributed by atoms with Crippen molar-refractivity contribution in [3.8, 4) is 0 Å². The van der Waals surface area contributed by atoms with Crippen LogP contribution < -0.4 is 16.0 Å². The Bertz CT molecular complexity index is 391. The lowest BCUT2D eigenvalue weighted by molar-refractivity contribution is -0.115. The van der Waals surface area contributed by atoms with Crippen molar-refractivity contribution < 1.29 is 4.79 Å². The standard InChI is InChI=1S/C12H19N5O/c1-3-6-15-12(13-2)16-9-11(18)17-10-5-4-7-14-8-10/h4-5,7-8H,3,6,9H2,1-2H3,(H,17,18)(H2,13,15,16). The van der Waals surface area contributed by atoms with Crippen LogP contribution in [-0.4, -0.2) is 37.0 Å². The summed E-state index contributed by atoms with van der Waals surface area (Å²) in [6, 6.07) is 3.56. The summed E-state index contributed by atoms with van der Waals surface area (Å²) in [5.41, 5.74) is 0.681. The molecule has 0 bridgehead atoms. The maximum atomic E-state index is 11.6. The summed E-state index contributed by atoms with van der Waals surface area (Å²) in [5, 5.41) is 8.75.